The fourth-order valence-electron chi connectivity index (χ4n) is 3.01. The van der Waals surface area contributed by atoms with Gasteiger partial charge in [-0.05, 0) is 23.3 Å². The van der Waals surface area contributed by atoms with Crippen molar-refractivity contribution in [3.63, 3.8) is 0 Å². The lowest BCUT2D eigenvalue weighted by Gasteiger charge is -2.12. The molecular formula is C17H18N6OS. The van der Waals surface area contributed by atoms with Crippen LogP contribution in [0, 0.1) is 0 Å². The molecule has 8 heteroatoms. The summed E-state index contributed by atoms with van der Waals surface area (Å²) in [5, 5.41) is 17.7. The van der Waals surface area contributed by atoms with Gasteiger partial charge in [-0.3, -0.25) is 4.79 Å². The van der Waals surface area contributed by atoms with E-state index >= 15 is 0 Å². The minimum Gasteiger partial charge on any atom is -0.350 e. The van der Waals surface area contributed by atoms with Gasteiger partial charge in [0.05, 0.1) is 18.2 Å². The van der Waals surface area contributed by atoms with Crippen molar-refractivity contribution in [2.24, 2.45) is 0 Å². The molecule has 0 aliphatic carbocycles. The molecule has 128 valence electrons. The number of tetrazole rings is 1. The van der Waals surface area contributed by atoms with E-state index in [-0.39, 0.29) is 11.8 Å². The Balaban J connectivity index is 1.42. The zero-order valence-electron chi connectivity index (χ0n) is 13.6. The molecule has 7 nitrogen and oxygen atoms in total. The van der Waals surface area contributed by atoms with E-state index in [4.69, 9.17) is 0 Å². The van der Waals surface area contributed by atoms with Crippen LogP contribution in [0.1, 0.15) is 36.7 Å². The zero-order valence-corrected chi connectivity index (χ0v) is 14.4. The largest absolute Gasteiger partial charge is 0.350 e. The maximum Gasteiger partial charge on any atom is 0.231 e. The summed E-state index contributed by atoms with van der Waals surface area (Å²) in [6, 6.07) is 10.0. The standard InChI is InChI=1S/C17H18N6OS/c24-16(14-8-4-5-9-23-15(14)20-21-22-23)18-10-13-11-25-17(19-13)12-6-2-1-3-7-12/h1-3,6-7,11,14H,4-5,8-10H2,(H,18,24)/t14-/m0/s1. The molecule has 1 amide bonds. The van der Waals surface area contributed by atoms with Crippen LogP contribution < -0.4 is 5.32 Å². The number of carbonyl (C=O) groups is 1. The Labute approximate surface area is 149 Å². The van der Waals surface area contributed by atoms with E-state index in [1.165, 1.54) is 0 Å². The van der Waals surface area contributed by atoms with E-state index < -0.39 is 0 Å². The van der Waals surface area contributed by atoms with Gasteiger partial charge in [0.2, 0.25) is 5.91 Å². The Morgan fingerprint density at radius 2 is 2.16 bits per heavy atom. The highest BCUT2D eigenvalue weighted by molar-refractivity contribution is 7.13. The van der Waals surface area contributed by atoms with E-state index in [9.17, 15) is 4.79 Å². The Hall–Kier alpha value is -2.61. The molecule has 2 aromatic heterocycles. The van der Waals surface area contributed by atoms with E-state index in [0.29, 0.717) is 12.4 Å². The van der Waals surface area contributed by atoms with Crippen molar-refractivity contribution in [2.45, 2.75) is 38.3 Å². The van der Waals surface area contributed by atoms with Crippen molar-refractivity contribution in [2.75, 3.05) is 0 Å². The lowest BCUT2D eigenvalue weighted by atomic mass is 10.0. The van der Waals surface area contributed by atoms with Crippen LogP contribution >= 0.6 is 11.3 Å². The zero-order chi connectivity index (χ0) is 17.1. The van der Waals surface area contributed by atoms with Gasteiger partial charge in [-0.1, -0.05) is 36.8 Å². The molecule has 1 N–H and O–H groups in total. The van der Waals surface area contributed by atoms with Gasteiger partial charge in [0.1, 0.15) is 5.01 Å². The van der Waals surface area contributed by atoms with Gasteiger partial charge in [-0.25, -0.2) is 9.67 Å². The lowest BCUT2D eigenvalue weighted by Crippen LogP contribution is -2.30. The number of thiazole rings is 1. The molecule has 0 fully saturated rings. The number of fused-ring (bicyclic) bond motifs is 1. The summed E-state index contributed by atoms with van der Waals surface area (Å²) in [6.45, 7) is 1.19. The molecule has 3 aromatic rings. The van der Waals surface area contributed by atoms with Gasteiger partial charge in [0.25, 0.3) is 0 Å². The molecule has 25 heavy (non-hydrogen) atoms. The normalized spacial score (nSPS) is 16.9. The lowest BCUT2D eigenvalue weighted by molar-refractivity contribution is -0.123. The van der Waals surface area contributed by atoms with Gasteiger partial charge >= 0.3 is 0 Å². The second-order valence-corrected chi connectivity index (χ2v) is 6.89. The van der Waals surface area contributed by atoms with Crippen LogP contribution in [0.3, 0.4) is 0 Å². The number of nitrogens with zero attached hydrogens (tertiary/aromatic N) is 5. The smallest absolute Gasteiger partial charge is 0.231 e. The number of hydrogen-bond donors (Lipinski definition) is 1. The van der Waals surface area contributed by atoms with Crippen molar-refractivity contribution < 1.29 is 4.79 Å². The molecule has 0 saturated heterocycles. The van der Waals surface area contributed by atoms with Crippen LogP contribution in [0.25, 0.3) is 10.6 Å². The summed E-state index contributed by atoms with van der Waals surface area (Å²) in [6.07, 6.45) is 2.75. The summed E-state index contributed by atoms with van der Waals surface area (Å²) in [5.74, 6) is 0.343. The quantitative estimate of drug-likeness (QED) is 0.777. The number of amides is 1. The predicted molar refractivity (Wildman–Crippen MR) is 93.8 cm³/mol. The molecule has 0 unspecified atom stereocenters. The van der Waals surface area contributed by atoms with Crippen molar-refractivity contribution in [3.8, 4) is 10.6 Å². The highest BCUT2D eigenvalue weighted by atomic mass is 32.1. The summed E-state index contributed by atoms with van der Waals surface area (Å²) in [5.41, 5.74) is 1.96. The fourth-order valence-corrected chi connectivity index (χ4v) is 3.84. The number of carbonyl (C=O) groups excluding carboxylic acids is 1. The topological polar surface area (TPSA) is 85.6 Å². The Bertz CT molecular complexity index is 859. The van der Waals surface area contributed by atoms with Crippen LogP contribution in [-0.4, -0.2) is 31.1 Å². The number of benzene rings is 1. The average Bonchev–Trinajstić information content (AvgIpc) is 3.26. The van der Waals surface area contributed by atoms with Gasteiger partial charge in [0.15, 0.2) is 5.82 Å². The first-order valence-electron chi connectivity index (χ1n) is 8.35. The van der Waals surface area contributed by atoms with Crippen molar-refractivity contribution in [1.82, 2.24) is 30.5 Å². The third-order valence-electron chi connectivity index (χ3n) is 4.32. The van der Waals surface area contributed by atoms with E-state index in [2.05, 4.69) is 25.8 Å². The fraction of sp³-hybridized carbons (Fsp3) is 0.353. The molecule has 1 aromatic carbocycles. The van der Waals surface area contributed by atoms with Gasteiger partial charge in [-0.2, -0.15) is 0 Å². The maximum atomic E-state index is 12.6. The second kappa shape index (κ2) is 7.10. The van der Waals surface area contributed by atoms with Crippen LogP contribution in [0.5, 0.6) is 0 Å². The summed E-state index contributed by atoms with van der Waals surface area (Å²) in [7, 11) is 0. The van der Waals surface area contributed by atoms with Crippen LogP contribution in [-0.2, 0) is 17.9 Å². The maximum absolute atomic E-state index is 12.6. The molecule has 1 atom stereocenters. The SMILES string of the molecule is O=C(NCc1csc(-c2ccccc2)n1)[C@H]1CCCCn2nnnc21. The van der Waals surface area contributed by atoms with E-state index in [1.807, 2.05) is 35.7 Å². The molecule has 0 spiro atoms. The molecular weight excluding hydrogens is 336 g/mol. The predicted octanol–water partition coefficient (Wildman–Crippen LogP) is 2.38. The first-order valence-corrected chi connectivity index (χ1v) is 9.23. The van der Waals surface area contributed by atoms with Gasteiger partial charge in [-0.15, -0.1) is 16.4 Å². The molecule has 4 rings (SSSR count). The van der Waals surface area contributed by atoms with Gasteiger partial charge < -0.3 is 5.32 Å². The minimum absolute atomic E-state index is 0.0350. The van der Waals surface area contributed by atoms with Crippen LogP contribution in [0.4, 0.5) is 0 Å². The summed E-state index contributed by atoms with van der Waals surface area (Å²) < 4.78 is 1.74. The number of nitrogens with one attached hydrogen (secondary N) is 1. The summed E-state index contributed by atoms with van der Waals surface area (Å²) >= 11 is 1.58. The second-order valence-electron chi connectivity index (χ2n) is 6.04. The third-order valence-corrected chi connectivity index (χ3v) is 5.26. The molecule has 1 aliphatic heterocycles. The Morgan fingerprint density at radius 1 is 1.28 bits per heavy atom. The van der Waals surface area contributed by atoms with Crippen molar-refractivity contribution in [3.05, 3.63) is 47.2 Å². The number of aromatic nitrogens is 5. The van der Waals surface area contributed by atoms with Crippen LogP contribution in [0.15, 0.2) is 35.7 Å². The number of aryl methyl sites for hydroxylation is 1. The van der Waals surface area contributed by atoms with Crippen LogP contribution in [0.2, 0.25) is 0 Å². The number of rotatable bonds is 4. The van der Waals surface area contributed by atoms with E-state index in [1.54, 1.807) is 16.0 Å². The molecule has 0 radical (unpaired) electrons. The molecule has 1 aliphatic rings. The minimum atomic E-state index is -0.287. The Morgan fingerprint density at radius 3 is 3.04 bits per heavy atom. The molecule has 3 heterocycles. The highest BCUT2D eigenvalue weighted by Gasteiger charge is 2.28. The Kier molecular flexibility index (Phi) is 4.51. The first kappa shape index (κ1) is 15.9. The number of hydrogen-bond acceptors (Lipinski definition) is 6. The third kappa shape index (κ3) is 3.43. The van der Waals surface area contributed by atoms with Gasteiger partial charge in [0, 0.05) is 17.5 Å². The molecule has 0 bridgehead atoms. The highest BCUT2D eigenvalue weighted by Crippen LogP contribution is 2.25. The van der Waals surface area contributed by atoms with E-state index in [0.717, 1.165) is 42.1 Å². The monoisotopic (exact) mass is 354 g/mol. The summed E-state index contributed by atoms with van der Waals surface area (Å²) in [4.78, 5) is 17.2. The molecule has 0 saturated carbocycles. The average molecular weight is 354 g/mol. The first-order chi connectivity index (χ1) is 12.3. The van der Waals surface area contributed by atoms with Crippen molar-refractivity contribution >= 4 is 17.2 Å². The van der Waals surface area contributed by atoms with Crippen molar-refractivity contribution in [1.29, 1.82) is 0 Å².